The van der Waals surface area contributed by atoms with Crippen LogP contribution in [-0.2, 0) is 4.74 Å². The number of aliphatic hydroxyl groups is 3. The van der Waals surface area contributed by atoms with Gasteiger partial charge in [0, 0.05) is 17.3 Å². The van der Waals surface area contributed by atoms with Crippen LogP contribution in [0.15, 0.2) is 47.9 Å². The molecular weight excluding hydrogens is 354 g/mol. The summed E-state index contributed by atoms with van der Waals surface area (Å²) in [5.41, 5.74) is -0.0997. The first kappa shape index (κ1) is 18.9. The Balaban J connectivity index is 1.91. The van der Waals surface area contributed by atoms with Crippen molar-refractivity contribution in [1.29, 1.82) is 0 Å². The molecule has 0 aliphatic carbocycles. The topological polar surface area (TPSA) is 134 Å². The van der Waals surface area contributed by atoms with Crippen molar-refractivity contribution in [3.63, 3.8) is 0 Å². The summed E-state index contributed by atoms with van der Waals surface area (Å²) in [5, 5.41) is 31.7. The third kappa shape index (κ3) is 3.67. The number of nitrogens with zero attached hydrogens (tertiary/aromatic N) is 2. The van der Waals surface area contributed by atoms with Gasteiger partial charge < -0.3 is 25.4 Å². The van der Waals surface area contributed by atoms with Crippen LogP contribution in [0.1, 0.15) is 22.1 Å². The van der Waals surface area contributed by atoms with Gasteiger partial charge in [-0.2, -0.15) is 4.98 Å². The normalized spacial score (nSPS) is 24.6. The van der Waals surface area contributed by atoms with Gasteiger partial charge >= 0.3 is 5.69 Å². The molecule has 9 nitrogen and oxygen atoms in total. The third-order valence-electron chi connectivity index (χ3n) is 4.26. The summed E-state index contributed by atoms with van der Waals surface area (Å²) in [7, 11) is 0. The Morgan fingerprint density at radius 1 is 1.30 bits per heavy atom. The van der Waals surface area contributed by atoms with E-state index in [1.54, 1.807) is 30.3 Å². The van der Waals surface area contributed by atoms with Gasteiger partial charge in [0.1, 0.15) is 24.1 Å². The van der Waals surface area contributed by atoms with E-state index in [-0.39, 0.29) is 5.82 Å². The molecule has 0 spiro atoms. The average molecular weight is 373 g/mol. The molecule has 27 heavy (non-hydrogen) atoms. The molecular formula is C18H19N3O6. The minimum Gasteiger partial charge on any atom is -0.394 e. The zero-order valence-corrected chi connectivity index (χ0v) is 14.2. The Kier molecular flexibility index (Phi) is 5.47. The highest BCUT2D eigenvalue weighted by atomic mass is 16.6. The van der Waals surface area contributed by atoms with E-state index in [1.807, 2.05) is 0 Å². The average Bonchev–Trinajstić information content (AvgIpc) is 2.97. The molecule has 1 aliphatic heterocycles. The number of carbonyl (C=O) groups is 1. The van der Waals surface area contributed by atoms with Gasteiger partial charge in [0.05, 0.1) is 6.61 Å². The monoisotopic (exact) mass is 373 g/mol. The molecule has 0 bridgehead atoms. The second-order valence-corrected chi connectivity index (χ2v) is 5.99. The molecule has 0 saturated carbocycles. The Hall–Kier alpha value is -2.85. The first-order chi connectivity index (χ1) is 13.0. The fourth-order valence-electron chi connectivity index (χ4n) is 2.80. The number of amides is 1. The van der Waals surface area contributed by atoms with Crippen LogP contribution in [0.2, 0.25) is 0 Å². The second kappa shape index (κ2) is 7.80. The lowest BCUT2D eigenvalue weighted by Gasteiger charge is -2.18. The van der Waals surface area contributed by atoms with Crippen LogP contribution >= 0.6 is 0 Å². The van der Waals surface area contributed by atoms with Crippen molar-refractivity contribution in [1.82, 2.24) is 9.55 Å². The SMILES string of the molecule is C=Cc1cn([C@@H]2O[C@H](CO)[C@@H](O)[C@H]2O)c(=O)nc1NC(=O)c1ccccc1. The van der Waals surface area contributed by atoms with E-state index < -0.39 is 42.7 Å². The van der Waals surface area contributed by atoms with E-state index in [4.69, 9.17) is 4.74 Å². The van der Waals surface area contributed by atoms with Crippen LogP contribution in [0.5, 0.6) is 0 Å². The molecule has 1 saturated heterocycles. The summed E-state index contributed by atoms with van der Waals surface area (Å²) in [5.74, 6) is -0.442. The van der Waals surface area contributed by atoms with E-state index >= 15 is 0 Å². The number of benzene rings is 1. The van der Waals surface area contributed by atoms with Gasteiger partial charge in [0.15, 0.2) is 6.23 Å². The van der Waals surface area contributed by atoms with Gasteiger partial charge in [-0.1, -0.05) is 30.9 Å². The van der Waals surface area contributed by atoms with Gasteiger partial charge in [-0.15, -0.1) is 0 Å². The van der Waals surface area contributed by atoms with Crippen molar-refractivity contribution < 1.29 is 24.9 Å². The maximum atomic E-state index is 12.4. The van der Waals surface area contributed by atoms with Crippen molar-refractivity contribution in [2.75, 3.05) is 11.9 Å². The summed E-state index contributed by atoms with van der Waals surface area (Å²) in [4.78, 5) is 28.5. The summed E-state index contributed by atoms with van der Waals surface area (Å²) in [6.07, 6.45) is -2.34. The van der Waals surface area contributed by atoms with Crippen LogP contribution in [0, 0.1) is 0 Å². The molecule has 1 fully saturated rings. The minimum absolute atomic E-state index is 0.00634. The fraction of sp³-hybridized carbons (Fsp3) is 0.278. The van der Waals surface area contributed by atoms with Crippen molar-refractivity contribution in [2.45, 2.75) is 24.5 Å². The molecule has 2 heterocycles. The Labute approximate surface area is 154 Å². The highest BCUT2D eigenvalue weighted by Crippen LogP contribution is 2.28. The predicted octanol–water partition coefficient (Wildman–Crippen LogP) is -0.250. The highest BCUT2D eigenvalue weighted by Gasteiger charge is 2.43. The number of nitrogens with one attached hydrogen (secondary N) is 1. The molecule has 1 aliphatic rings. The number of aromatic nitrogens is 2. The molecule has 0 unspecified atom stereocenters. The summed E-state index contributed by atoms with van der Waals surface area (Å²) in [6.45, 7) is 3.12. The molecule has 4 atom stereocenters. The van der Waals surface area contributed by atoms with Crippen LogP contribution in [0.25, 0.3) is 6.08 Å². The van der Waals surface area contributed by atoms with Crippen molar-refractivity contribution >= 4 is 17.8 Å². The maximum Gasteiger partial charge on any atom is 0.351 e. The summed E-state index contributed by atoms with van der Waals surface area (Å²) >= 11 is 0. The Bertz CT molecular complexity index is 898. The van der Waals surface area contributed by atoms with Gasteiger partial charge in [-0.3, -0.25) is 9.36 Å². The van der Waals surface area contributed by atoms with E-state index in [1.165, 1.54) is 12.3 Å². The Morgan fingerprint density at radius 3 is 2.59 bits per heavy atom. The highest BCUT2D eigenvalue weighted by molar-refractivity contribution is 6.04. The quantitative estimate of drug-likeness (QED) is 0.568. The minimum atomic E-state index is -1.43. The number of ether oxygens (including phenoxy) is 1. The first-order valence-corrected chi connectivity index (χ1v) is 8.20. The van der Waals surface area contributed by atoms with Gasteiger partial charge in [0.2, 0.25) is 0 Å². The number of carbonyl (C=O) groups excluding carboxylic acids is 1. The number of rotatable bonds is 5. The van der Waals surface area contributed by atoms with Gasteiger partial charge in [-0.25, -0.2) is 4.79 Å². The molecule has 0 radical (unpaired) electrons. The second-order valence-electron chi connectivity index (χ2n) is 5.99. The molecule has 4 N–H and O–H groups in total. The Morgan fingerprint density at radius 2 is 2.00 bits per heavy atom. The number of aliphatic hydroxyl groups excluding tert-OH is 3. The molecule has 1 aromatic carbocycles. The maximum absolute atomic E-state index is 12.4. The lowest BCUT2D eigenvalue weighted by Crippen LogP contribution is -2.36. The summed E-state index contributed by atoms with van der Waals surface area (Å²) in [6, 6.07) is 8.41. The van der Waals surface area contributed by atoms with Crippen molar-refractivity contribution in [2.24, 2.45) is 0 Å². The number of anilines is 1. The molecule has 1 amide bonds. The molecule has 142 valence electrons. The van der Waals surface area contributed by atoms with Crippen LogP contribution in [0.4, 0.5) is 5.82 Å². The van der Waals surface area contributed by atoms with Crippen LogP contribution in [0.3, 0.4) is 0 Å². The standard InChI is InChI=1S/C18H19N3O6/c1-2-10-8-21(17-14(24)13(23)12(9-22)27-17)18(26)20-15(10)19-16(25)11-6-4-3-5-7-11/h2-8,12-14,17,22-24H,1,9H2,(H,19,20,25,26)/t12-,13-,14-,17-/m1/s1. The molecule has 3 rings (SSSR count). The van der Waals surface area contributed by atoms with Crippen LogP contribution in [-0.4, -0.2) is 55.7 Å². The number of hydrogen-bond donors (Lipinski definition) is 4. The first-order valence-electron chi connectivity index (χ1n) is 8.20. The van der Waals surface area contributed by atoms with Crippen molar-refractivity contribution in [3.05, 3.63) is 64.7 Å². The lowest BCUT2D eigenvalue weighted by atomic mass is 10.1. The molecule has 9 heteroatoms. The van der Waals surface area contributed by atoms with E-state index in [2.05, 4.69) is 16.9 Å². The zero-order valence-electron chi connectivity index (χ0n) is 14.2. The summed E-state index contributed by atoms with van der Waals surface area (Å²) < 4.78 is 6.33. The van der Waals surface area contributed by atoms with E-state index in [0.717, 1.165) is 4.57 Å². The van der Waals surface area contributed by atoms with Crippen molar-refractivity contribution in [3.8, 4) is 0 Å². The van der Waals surface area contributed by atoms with E-state index in [0.29, 0.717) is 11.1 Å². The smallest absolute Gasteiger partial charge is 0.351 e. The number of hydrogen-bond acceptors (Lipinski definition) is 7. The van der Waals surface area contributed by atoms with Crippen LogP contribution < -0.4 is 11.0 Å². The molecule has 2 aromatic rings. The largest absolute Gasteiger partial charge is 0.394 e. The molecule has 1 aromatic heterocycles. The predicted molar refractivity (Wildman–Crippen MR) is 96.0 cm³/mol. The van der Waals surface area contributed by atoms with E-state index in [9.17, 15) is 24.9 Å². The van der Waals surface area contributed by atoms with Gasteiger partial charge in [0.25, 0.3) is 5.91 Å². The fourth-order valence-corrected chi connectivity index (χ4v) is 2.80. The lowest BCUT2D eigenvalue weighted by molar-refractivity contribution is -0.0549. The van der Waals surface area contributed by atoms with Gasteiger partial charge in [-0.05, 0) is 12.1 Å². The zero-order chi connectivity index (χ0) is 19.6. The third-order valence-corrected chi connectivity index (χ3v) is 4.26.